The number of nitrogens with one attached hydrogen (secondary N) is 1. The van der Waals surface area contributed by atoms with E-state index in [-0.39, 0.29) is 0 Å². The number of primary amides is 1. The highest BCUT2D eigenvalue weighted by Crippen LogP contribution is 2.13. The van der Waals surface area contributed by atoms with Gasteiger partial charge in [0.25, 0.3) is 0 Å². The first-order valence-electron chi connectivity index (χ1n) is 6.60. The molecule has 110 valence electrons. The summed E-state index contributed by atoms with van der Waals surface area (Å²) in [5.41, 5.74) is 12.8. The molecule has 0 aliphatic carbocycles. The summed E-state index contributed by atoms with van der Waals surface area (Å²) in [6.07, 6.45) is 0. The van der Waals surface area contributed by atoms with Crippen LogP contribution in [0.1, 0.15) is 25.0 Å². The third-order valence-corrected chi connectivity index (χ3v) is 3.29. The number of rotatable bonds is 6. The van der Waals surface area contributed by atoms with Crippen LogP contribution in [0.4, 0.5) is 4.79 Å². The fraction of sp³-hybridized carbons (Fsp3) is 0.429. The second kappa shape index (κ2) is 7.62. The molecule has 6 heteroatoms. The van der Waals surface area contributed by atoms with Crippen molar-refractivity contribution in [3.05, 3.63) is 35.4 Å². The fourth-order valence-corrected chi connectivity index (χ4v) is 2.04. The van der Waals surface area contributed by atoms with E-state index in [4.69, 9.17) is 11.5 Å². The Morgan fingerprint density at radius 1 is 1.30 bits per heavy atom. The molecular weight excluding hydrogens is 256 g/mol. The zero-order valence-electron chi connectivity index (χ0n) is 11.9. The van der Waals surface area contributed by atoms with Gasteiger partial charge in [-0.25, -0.2) is 4.79 Å². The number of carbonyl (C=O) groups excluding carboxylic acids is 2. The summed E-state index contributed by atoms with van der Waals surface area (Å²) in [6.45, 7) is 5.42. The van der Waals surface area contributed by atoms with Gasteiger partial charge in [0.2, 0.25) is 5.91 Å². The van der Waals surface area contributed by atoms with E-state index in [0.29, 0.717) is 19.6 Å². The maximum absolute atomic E-state index is 11.8. The molecule has 6 nitrogen and oxygen atoms in total. The first kappa shape index (κ1) is 16.1. The molecular formula is C14H22N4O2. The highest BCUT2D eigenvalue weighted by Gasteiger charge is 2.21. The minimum Gasteiger partial charge on any atom is -0.351 e. The quantitative estimate of drug-likeness (QED) is 0.707. The van der Waals surface area contributed by atoms with Gasteiger partial charge < -0.3 is 11.5 Å². The number of imide groups is 1. The Bertz CT molecular complexity index is 476. The Labute approximate surface area is 119 Å². The Hall–Kier alpha value is -1.92. The van der Waals surface area contributed by atoms with Crippen molar-refractivity contribution in [1.29, 1.82) is 0 Å². The van der Waals surface area contributed by atoms with Gasteiger partial charge in [-0.2, -0.15) is 0 Å². The van der Waals surface area contributed by atoms with Gasteiger partial charge in [0.1, 0.15) is 0 Å². The van der Waals surface area contributed by atoms with Crippen LogP contribution in [-0.4, -0.2) is 29.4 Å². The lowest BCUT2D eigenvalue weighted by Crippen LogP contribution is -2.48. The van der Waals surface area contributed by atoms with Crippen molar-refractivity contribution in [2.75, 3.05) is 6.54 Å². The number of likely N-dealkylation sites (N-methyl/N-ethyl adjacent to an activating group) is 1. The fourth-order valence-electron chi connectivity index (χ4n) is 2.04. The third-order valence-electron chi connectivity index (χ3n) is 3.29. The van der Waals surface area contributed by atoms with Crippen molar-refractivity contribution in [2.45, 2.75) is 33.0 Å². The molecule has 0 radical (unpaired) electrons. The van der Waals surface area contributed by atoms with Gasteiger partial charge in [-0.15, -0.1) is 0 Å². The van der Waals surface area contributed by atoms with E-state index in [1.165, 1.54) is 0 Å². The number of hydrogen-bond donors (Lipinski definition) is 3. The second-order valence-corrected chi connectivity index (χ2v) is 4.57. The summed E-state index contributed by atoms with van der Waals surface area (Å²) < 4.78 is 0. The Morgan fingerprint density at radius 2 is 1.90 bits per heavy atom. The second-order valence-electron chi connectivity index (χ2n) is 4.57. The molecule has 0 aliphatic rings. The topological polar surface area (TPSA) is 101 Å². The number of urea groups is 1. The molecule has 0 aliphatic heterocycles. The lowest BCUT2D eigenvalue weighted by Gasteiger charge is -2.27. The van der Waals surface area contributed by atoms with Gasteiger partial charge in [0.05, 0.1) is 6.04 Å². The minimum absolute atomic E-state index is 0.399. The number of benzene rings is 1. The van der Waals surface area contributed by atoms with E-state index in [1.54, 1.807) is 6.92 Å². The molecule has 20 heavy (non-hydrogen) atoms. The summed E-state index contributed by atoms with van der Waals surface area (Å²) in [5.74, 6) is -0.399. The predicted molar refractivity (Wildman–Crippen MR) is 77.6 cm³/mol. The van der Waals surface area contributed by atoms with E-state index in [2.05, 4.69) is 5.32 Å². The van der Waals surface area contributed by atoms with E-state index < -0.39 is 18.0 Å². The van der Waals surface area contributed by atoms with Crippen LogP contribution >= 0.6 is 0 Å². The molecule has 1 atom stereocenters. The van der Waals surface area contributed by atoms with Crippen molar-refractivity contribution in [1.82, 2.24) is 10.2 Å². The third kappa shape index (κ3) is 4.32. The maximum Gasteiger partial charge on any atom is 0.318 e. The zero-order valence-corrected chi connectivity index (χ0v) is 11.9. The Balaban J connectivity index is 2.80. The van der Waals surface area contributed by atoms with Gasteiger partial charge in [-0.1, -0.05) is 31.2 Å². The lowest BCUT2D eigenvalue weighted by atomic mass is 10.1. The molecule has 3 amide bonds. The predicted octanol–water partition coefficient (Wildman–Crippen LogP) is 0.551. The average Bonchev–Trinajstić information content (AvgIpc) is 2.43. The van der Waals surface area contributed by atoms with Crippen molar-refractivity contribution < 1.29 is 9.59 Å². The van der Waals surface area contributed by atoms with Gasteiger partial charge in [0.15, 0.2) is 0 Å². The molecule has 1 unspecified atom stereocenters. The van der Waals surface area contributed by atoms with Crippen LogP contribution < -0.4 is 16.8 Å². The Morgan fingerprint density at radius 3 is 2.40 bits per heavy atom. The van der Waals surface area contributed by atoms with Crippen molar-refractivity contribution in [3.8, 4) is 0 Å². The standard InChI is InChI=1S/C14H22N4O2/c1-3-18(10(2)13(19)17-14(16)20)9-12-7-5-4-6-11(12)8-15/h4-7,10H,3,8-9,15H2,1-2H3,(H3,16,17,19,20). The van der Waals surface area contributed by atoms with Gasteiger partial charge in [-0.3, -0.25) is 15.0 Å². The monoisotopic (exact) mass is 278 g/mol. The Kier molecular flexibility index (Phi) is 6.14. The molecule has 1 aromatic rings. The number of amides is 3. The number of carbonyl (C=O) groups is 2. The van der Waals surface area contributed by atoms with E-state index in [1.807, 2.05) is 36.1 Å². The summed E-state index contributed by atoms with van der Waals surface area (Å²) in [7, 11) is 0. The first-order chi connectivity index (χ1) is 9.49. The molecule has 0 saturated heterocycles. The smallest absolute Gasteiger partial charge is 0.318 e. The molecule has 0 bridgehead atoms. The van der Waals surface area contributed by atoms with E-state index >= 15 is 0 Å². The highest BCUT2D eigenvalue weighted by molar-refractivity contribution is 5.96. The van der Waals surface area contributed by atoms with Crippen LogP contribution in [0.5, 0.6) is 0 Å². The lowest BCUT2D eigenvalue weighted by molar-refractivity contribution is -0.124. The SMILES string of the molecule is CCN(Cc1ccccc1CN)C(C)C(=O)NC(N)=O. The highest BCUT2D eigenvalue weighted by atomic mass is 16.2. The first-order valence-corrected chi connectivity index (χ1v) is 6.60. The van der Waals surface area contributed by atoms with Crippen LogP contribution in [0, 0.1) is 0 Å². The minimum atomic E-state index is -0.833. The van der Waals surface area contributed by atoms with Gasteiger partial charge in [-0.05, 0) is 24.6 Å². The molecule has 1 rings (SSSR count). The van der Waals surface area contributed by atoms with Crippen LogP contribution in [0.25, 0.3) is 0 Å². The molecule has 0 heterocycles. The molecule has 0 spiro atoms. The largest absolute Gasteiger partial charge is 0.351 e. The number of hydrogen-bond acceptors (Lipinski definition) is 4. The van der Waals surface area contributed by atoms with Crippen LogP contribution in [0.3, 0.4) is 0 Å². The number of nitrogens with zero attached hydrogens (tertiary/aromatic N) is 1. The van der Waals surface area contributed by atoms with Crippen molar-refractivity contribution in [3.63, 3.8) is 0 Å². The van der Waals surface area contributed by atoms with Crippen molar-refractivity contribution in [2.24, 2.45) is 11.5 Å². The number of nitrogens with two attached hydrogens (primary N) is 2. The van der Waals surface area contributed by atoms with Gasteiger partial charge >= 0.3 is 6.03 Å². The van der Waals surface area contributed by atoms with Crippen LogP contribution in [-0.2, 0) is 17.9 Å². The average molecular weight is 278 g/mol. The maximum atomic E-state index is 11.8. The molecule has 5 N–H and O–H groups in total. The molecule has 0 fully saturated rings. The zero-order chi connectivity index (χ0) is 15.1. The molecule has 1 aromatic carbocycles. The van der Waals surface area contributed by atoms with Crippen molar-refractivity contribution >= 4 is 11.9 Å². The van der Waals surface area contributed by atoms with Crippen LogP contribution in [0.2, 0.25) is 0 Å². The summed E-state index contributed by atoms with van der Waals surface area (Å²) in [4.78, 5) is 24.5. The van der Waals surface area contributed by atoms with Crippen LogP contribution in [0.15, 0.2) is 24.3 Å². The summed E-state index contributed by atoms with van der Waals surface area (Å²) >= 11 is 0. The summed E-state index contributed by atoms with van der Waals surface area (Å²) in [5, 5.41) is 2.11. The van der Waals surface area contributed by atoms with E-state index in [0.717, 1.165) is 11.1 Å². The molecule has 0 aromatic heterocycles. The summed E-state index contributed by atoms with van der Waals surface area (Å²) in [6, 6.07) is 6.56. The molecule has 0 saturated carbocycles. The normalized spacial score (nSPS) is 12.2. The van der Waals surface area contributed by atoms with E-state index in [9.17, 15) is 9.59 Å². The van der Waals surface area contributed by atoms with Gasteiger partial charge in [0, 0.05) is 13.1 Å².